The summed E-state index contributed by atoms with van der Waals surface area (Å²) in [4.78, 5) is 6.88. The van der Waals surface area contributed by atoms with Crippen LogP contribution in [0.2, 0.25) is 5.02 Å². The third kappa shape index (κ3) is 11.3. The van der Waals surface area contributed by atoms with Crippen molar-refractivity contribution in [1.82, 2.24) is 9.47 Å². The SMILES string of the molecule is Cc1c(S(C)(=O)=O)c(-c2cccc(N3CCN(c4ccc(N5CCO[P@@]5(=O)c5ccc(C[C@H](CCN(C)C)CSc6ccccc6)c(S(=O)(=O)C(F)(F)F)c5)cc4)CC3)c2)c(-c2ccc(Cl)cc2)n1C(C)C. The molecule has 384 valence electrons. The molecule has 3 heterocycles. The average Bonchev–Trinajstić information content (AvgIpc) is 3.90. The molecule has 0 spiro atoms. The number of hydrogen-bond donors (Lipinski definition) is 0. The molecule has 0 saturated carbocycles. The highest BCUT2D eigenvalue weighted by atomic mass is 35.5. The fourth-order valence-corrected chi connectivity index (χ4v) is 15.6. The van der Waals surface area contributed by atoms with Crippen molar-refractivity contribution in [1.29, 1.82) is 0 Å². The summed E-state index contributed by atoms with van der Waals surface area (Å²) >= 11 is 7.85. The highest BCUT2D eigenvalue weighted by Crippen LogP contribution is 2.56. The molecule has 0 aliphatic carbocycles. The summed E-state index contributed by atoms with van der Waals surface area (Å²) in [6.45, 7) is 9.43. The van der Waals surface area contributed by atoms with Crippen LogP contribution in [0.5, 0.6) is 0 Å². The smallest absolute Gasteiger partial charge is 0.368 e. The van der Waals surface area contributed by atoms with Crippen LogP contribution in [-0.2, 0) is 35.2 Å². The van der Waals surface area contributed by atoms with Gasteiger partial charge in [0.25, 0.3) is 9.84 Å². The van der Waals surface area contributed by atoms with Crippen molar-refractivity contribution in [3.8, 4) is 22.4 Å². The highest BCUT2D eigenvalue weighted by molar-refractivity contribution is 7.99. The van der Waals surface area contributed by atoms with Crippen molar-refractivity contribution in [3.63, 3.8) is 0 Å². The Labute approximate surface area is 431 Å². The van der Waals surface area contributed by atoms with Crippen molar-refractivity contribution in [2.45, 2.75) is 59.8 Å². The van der Waals surface area contributed by atoms with E-state index >= 15 is 0 Å². The molecule has 0 amide bonds. The zero-order valence-electron chi connectivity index (χ0n) is 41.1. The number of hydrogen-bond acceptors (Lipinski definition) is 10. The van der Waals surface area contributed by atoms with E-state index in [2.05, 4.69) is 20.4 Å². The molecule has 2 aliphatic rings. The third-order valence-corrected chi connectivity index (χ3v) is 20.1. The quantitative estimate of drug-likeness (QED) is 0.0643. The van der Waals surface area contributed by atoms with Crippen molar-refractivity contribution >= 4 is 72.9 Å². The third-order valence-electron chi connectivity index (χ3n) is 13.3. The fraction of sp³-hybridized carbons (Fsp3) is 0.358. The van der Waals surface area contributed by atoms with Crippen LogP contribution in [0.1, 0.15) is 37.6 Å². The summed E-state index contributed by atoms with van der Waals surface area (Å²) in [5, 5.41) is 0.458. The van der Waals surface area contributed by atoms with Gasteiger partial charge in [-0.1, -0.05) is 60.1 Å². The molecule has 72 heavy (non-hydrogen) atoms. The number of nitrogens with zero attached hydrogens (tertiary/aromatic N) is 5. The van der Waals surface area contributed by atoms with Gasteiger partial charge in [0.2, 0.25) is 0 Å². The zero-order chi connectivity index (χ0) is 51.8. The fourth-order valence-electron chi connectivity index (χ4n) is 9.80. The maximum absolute atomic E-state index is 14.9. The molecule has 6 aromatic rings. The van der Waals surface area contributed by atoms with Crippen LogP contribution in [0.15, 0.2) is 136 Å². The normalized spacial score (nSPS) is 17.4. The van der Waals surface area contributed by atoms with Gasteiger partial charge < -0.3 is 23.8 Å². The lowest BCUT2D eigenvalue weighted by Gasteiger charge is -2.37. The van der Waals surface area contributed by atoms with Crippen LogP contribution in [0, 0.1) is 12.8 Å². The van der Waals surface area contributed by atoms with E-state index in [0.717, 1.165) is 39.2 Å². The molecule has 5 aromatic carbocycles. The molecule has 11 nitrogen and oxygen atoms in total. The van der Waals surface area contributed by atoms with E-state index in [0.29, 0.717) is 71.8 Å². The summed E-state index contributed by atoms with van der Waals surface area (Å²) in [5.74, 6) is 0.384. The summed E-state index contributed by atoms with van der Waals surface area (Å²) in [6.07, 6.45) is 1.94. The van der Waals surface area contributed by atoms with E-state index in [1.807, 2.05) is 125 Å². The minimum atomic E-state index is -5.84. The number of alkyl halides is 3. The van der Waals surface area contributed by atoms with Gasteiger partial charge in [0.1, 0.15) is 0 Å². The van der Waals surface area contributed by atoms with Gasteiger partial charge in [-0.25, -0.2) is 16.8 Å². The number of aromatic nitrogens is 1. The number of thioether (sulfide) groups is 1. The van der Waals surface area contributed by atoms with Crippen molar-refractivity contribution in [2.75, 3.05) is 86.4 Å². The van der Waals surface area contributed by atoms with Crippen molar-refractivity contribution in [2.24, 2.45) is 5.92 Å². The first-order chi connectivity index (χ1) is 34.1. The lowest BCUT2D eigenvalue weighted by atomic mass is 9.97. The number of halogens is 4. The Morgan fingerprint density at radius 1 is 0.778 bits per heavy atom. The highest BCUT2D eigenvalue weighted by Gasteiger charge is 2.49. The van der Waals surface area contributed by atoms with Gasteiger partial charge in [-0.15, -0.1) is 11.8 Å². The first kappa shape index (κ1) is 53.5. The van der Waals surface area contributed by atoms with E-state index in [-0.39, 0.29) is 42.4 Å². The van der Waals surface area contributed by atoms with Crippen LogP contribution in [0.3, 0.4) is 0 Å². The van der Waals surface area contributed by atoms with Gasteiger partial charge in [-0.05, 0) is 150 Å². The predicted molar refractivity (Wildman–Crippen MR) is 287 cm³/mol. The van der Waals surface area contributed by atoms with E-state index in [1.54, 1.807) is 23.9 Å². The lowest BCUT2D eigenvalue weighted by Crippen LogP contribution is -2.46. The van der Waals surface area contributed by atoms with Gasteiger partial charge in [0.15, 0.2) is 9.84 Å². The molecule has 2 aliphatic heterocycles. The summed E-state index contributed by atoms with van der Waals surface area (Å²) in [7, 11) is -9.74. The molecule has 2 saturated heterocycles. The van der Waals surface area contributed by atoms with Gasteiger partial charge >= 0.3 is 13.0 Å². The van der Waals surface area contributed by atoms with E-state index in [9.17, 15) is 34.6 Å². The summed E-state index contributed by atoms with van der Waals surface area (Å²) in [6, 6.07) is 36.2. The van der Waals surface area contributed by atoms with Crippen LogP contribution >= 0.6 is 30.9 Å². The van der Waals surface area contributed by atoms with Gasteiger partial charge in [-0.2, -0.15) is 13.2 Å². The average molecular weight is 1080 g/mol. The minimum absolute atomic E-state index is 0.0174. The first-order valence-corrected chi connectivity index (χ1v) is 30.1. The zero-order valence-corrected chi connectivity index (χ0v) is 45.2. The predicted octanol–water partition coefficient (Wildman–Crippen LogP) is 11.6. The summed E-state index contributed by atoms with van der Waals surface area (Å²) < 4.78 is 121. The molecule has 1 aromatic heterocycles. The topological polar surface area (TPSA) is 112 Å². The Morgan fingerprint density at radius 3 is 2.03 bits per heavy atom. The van der Waals surface area contributed by atoms with Crippen LogP contribution in [0.25, 0.3) is 22.4 Å². The maximum Gasteiger partial charge on any atom is 0.501 e. The number of piperazine rings is 1. The van der Waals surface area contributed by atoms with Crippen LogP contribution in [-0.4, -0.2) is 104 Å². The second kappa shape index (κ2) is 21.6. The van der Waals surface area contributed by atoms with Gasteiger partial charge in [0.05, 0.1) is 33.9 Å². The molecule has 2 atom stereocenters. The minimum Gasteiger partial charge on any atom is -0.368 e. The number of rotatable bonds is 17. The van der Waals surface area contributed by atoms with Crippen LogP contribution < -0.4 is 19.8 Å². The lowest BCUT2D eigenvalue weighted by molar-refractivity contribution is -0.0436. The Balaban J connectivity index is 1.01. The Kier molecular flexibility index (Phi) is 16.1. The van der Waals surface area contributed by atoms with Gasteiger partial charge in [-0.3, -0.25) is 9.24 Å². The van der Waals surface area contributed by atoms with E-state index < -0.39 is 37.6 Å². The number of sulfone groups is 2. The van der Waals surface area contributed by atoms with E-state index in [1.165, 1.54) is 23.1 Å². The number of anilines is 3. The molecule has 0 N–H and O–H groups in total. The Bertz CT molecular complexity index is 3170. The molecule has 8 rings (SSSR count). The first-order valence-electron chi connectivity index (χ1n) is 23.8. The Hall–Kier alpha value is -4.74. The second-order valence-electron chi connectivity index (χ2n) is 18.9. The molecule has 0 bridgehead atoms. The number of benzene rings is 5. The van der Waals surface area contributed by atoms with Crippen molar-refractivity contribution < 1.29 is 39.1 Å². The van der Waals surface area contributed by atoms with Gasteiger partial charge in [0, 0.05) is 82.5 Å². The molecule has 2 fully saturated rings. The summed E-state index contributed by atoms with van der Waals surface area (Å²) in [5.41, 5.74) is 0.592. The molecular formula is C53H60ClF3N5O6PS3. The standard InChI is InChI=1S/C53H60ClF3N5O6PS3/c1-37(2)62-38(3)52(71(6,64)65)50(51(62)40-15-18-43(54)19-16-40)42-11-10-12-46(34-42)60-29-27-59(28-30-60)44-20-22-45(23-21-44)61-31-32-68-69(61,63)47-24-17-41(49(35-47)72(66,67)53(55,56)57)33-39(25-26-58(4)5)36-70-48-13-8-7-9-14-48/h7-24,34-35,37,39H,25-33,36H2,1-6H3/t39-,69-/m0/s1. The van der Waals surface area contributed by atoms with Crippen LogP contribution in [0.4, 0.5) is 30.2 Å². The molecule has 0 radical (unpaired) electrons. The molecule has 0 unspecified atom stereocenters. The molecule has 19 heteroatoms. The van der Waals surface area contributed by atoms with Crippen molar-refractivity contribution in [3.05, 3.63) is 138 Å². The monoisotopic (exact) mass is 1080 g/mol. The molecular weight excluding hydrogens is 1020 g/mol. The Morgan fingerprint density at radius 2 is 1.42 bits per heavy atom. The van der Waals surface area contributed by atoms with E-state index in [4.69, 9.17) is 16.1 Å². The maximum atomic E-state index is 14.9. The largest absolute Gasteiger partial charge is 0.501 e. The second-order valence-corrected chi connectivity index (χ2v) is 26.6.